The molecule has 0 bridgehead atoms. The number of rotatable bonds is 7. The number of fused-ring (bicyclic) bond motifs is 1. The molecule has 1 aromatic rings. The number of nitrogens with zero attached hydrogens (tertiary/aromatic N) is 2. The molecule has 0 atom stereocenters. The number of benzene rings is 1. The van der Waals surface area contributed by atoms with Gasteiger partial charge in [0.05, 0.1) is 11.2 Å². The van der Waals surface area contributed by atoms with Crippen LogP contribution in [0.3, 0.4) is 0 Å². The number of hydrogen-bond acceptors (Lipinski definition) is 6. The average molecular weight is 424 g/mol. The Kier molecular flexibility index (Phi) is 6.40. The zero-order valence-electron chi connectivity index (χ0n) is 18.3. The highest BCUT2D eigenvalue weighted by atomic mass is 16.3. The van der Waals surface area contributed by atoms with Crippen LogP contribution < -0.4 is 10.6 Å². The molecule has 2 heterocycles. The first-order valence-electron chi connectivity index (χ1n) is 10.3. The van der Waals surface area contributed by atoms with Crippen LogP contribution in [0, 0.1) is 5.41 Å². The van der Waals surface area contributed by atoms with Gasteiger partial charge in [-0.25, -0.2) is 4.99 Å². The maximum Gasteiger partial charge on any atom is 0.260 e. The van der Waals surface area contributed by atoms with Crippen LogP contribution in [0.25, 0.3) is 0 Å². The number of amides is 2. The van der Waals surface area contributed by atoms with E-state index in [-0.39, 0.29) is 17.4 Å². The molecular weight excluding hydrogens is 394 g/mol. The Labute approximate surface area is 182 Å². The zero-order valence-corrected chi connectivity index (χ0v) is 18.3. The van der Waals surface area contributed by atoms with E-state index in [0.717, 1.165) is 17.3 Å². The fourth-order valence-corrected chi connectivity index (χ4v) is 3.52. The lowest BCUT2D eigenvalue weighted by molar-refractivity contribution is -0.112. The van der Waals surface area contributed by atoms with Crippen molar-refractivity contribution in [1.82, 2.24) is 10.2 Å². The number of allylic oxidation sites excluding steroid dienone is 1. The molecule has 0 fully saturated rings. The number of carbonyl (C=O) groups excluding carboxylic acids is 2. The van der Waals surface area contributed by atoms with Crippen molar-refractivity contribution in [3.05, 3.63) is 52.5 Å². The van der Waals surface area contributed by atoms with Gasteiger partial charge in [0.2, 0.25) is 0 Å². The topological polar surface area (TPSA) is 118 Å². The van der Waals surface area contributed by atoms with Gasteiger partial charge in [0.15, 0.2) is 0 Å². The van der Waals surface area contributed by atoms with Crippen LogP contribution >= 0.6 is 0 Å². The summed E-state index contributed by atoms with van der Waals surface area (Å²) in [6.45, 7) is 8.33. The molecule has 0 saturated carbocycles. The van der Waals surface area contributed by atoms with Crippen LogP contribution in [0.1, 0.15) is 61.5 Å². The molecule has 0 aromatic heterocycles. The summed E-state index contributed by atoms with van der Waals surface area (Å²) in [6.07, 6.45) is 6.33. The molecule has 2 aliphatic heterocycles. The van der Waals surface area contributed by atoms with Crippen LogP contribution in [0.4, 0.5) is 5.69 Å². The predicted octanol–water partition coefficient (Wildman–Crippen LogP) is 2.91. The second kappa shape index (κ2) is 8.85. The van der Waals surface area contributed by atoms with Gasteiger partial charge in [0, 0.05) is 43.0 Å². The van der Waals surface area contributed by atoms with Crippen molar-refractivity contribution in [2.24, 2.45) is 4.99 Å². The SMILES string of the molecule is CC(C)c1cc2c(cc1NC(=O)/C(C=N)=C1\N=CC=CN1)CN(CCC(C)(C)O)C2=O. The average Bonchev–Trinajstić information content (AvgIpc) is 3.01. The molecule has 31 heavy (non-hydrogen) atoms. The van der Waals surface area contributed by atoms with Crippen LogP contribution in [-0.4, -0.2) is 46.4 Å². The van der Waals surface area contributed by atoms with Gasteiger partial charge in [0.25, 0.3) is 11.8 Å². The number of aliphatic imine (C=N–C) groups is 1. The zero-order chi connectivity index (χ0) is 22.8. The van der Waals surface area contributed by atoms with Crippen molar-refractivity contribution in [1.29, 1.82) is 5.41 Å². The van der Waals surface area contributed by atoms with Gasteiger partial charge in [-0.3, -0.25) is 9.59 Å². The van der Waals surface area contributed by atoms with E-state index >= 15 is 0 Å². The summed E-state index contributed by atoms with van der Waals surface area (Å²) >= 11 is 0. The van der Waals surface area contributed by atoms with Gasteiger partial charge < -0.3 is 26.0 Å². The Morgan fingerprint density at radius 3 is 2.74 bits per heavy atom. The van der Waals surface area contributed by atoms with E-state index in [1.54, 1.807) is 37.2 Å². The van der Waals surface area contributed by atoms with E-state index in [4.69, 9.17) is 5.41 Å². The van der Waals surface area contributed by atoms with E-state index in [0.29, 0.717) is 36.6 Å². The third-order valence-corrected chi connectivity index (χ3v) is 5.27. The summed E-state index contributed by atoms with van der Waals surface area (Å²) in [6, 6.07) is 3.69. The van der Waals surface area contributed by atoms with Crippen molar-refractivity contribution >= 4 is 29.9 Å². The summed E-state index contributed by atoms with van der Waals surface area (Å²) in [7, 11) is 0. The van der Waals surface area contributed by atoms with E-state index in [2.05, 4.69) is 15.6 Å². The first kappa shape index (κ1) is 22.4. The summed E-state index contributed by atoms with van der Waals surface area (Å²) in [5.74, 6) is -0.136. The quantitative estimate of drug-likeness (QED) is 0.398. The second-order valence-electron chi connectivity index (χ2n) is 8.68. The minimum atomic E-state index is -0.848. The van der Waals surface area contributed by atoms with Gasteiger partial charge in [-0.1, -0.05) is 13.8 Å². The summed E-state index contributed by atoms with van der Waals surface area (Å²) in [5.41, 5.74) is 2.19. The number of anilines is 1. The standard InChI is InChI=1S/C23H29N5O3/c1-14(2)16-11-17-15(13-28(22(17)30)9-6-23(3,4)31)10-19(16)27-21(29)18(12-24)20-25-7-5-8-26-20/h5,7-8,10-12,14,24-25,31H,6,9,13H2,1-4H3,(H,27,29)/b20-18-,24-12?. The van der Waals surface area contributed by atoms with Crippen LogP contribution in [0.5, 0.6) is 0 Å². The van der Waals surface area contributed by atoms with Crippen LogP contribution in [0.2, 0.25) is 0 Å². The molecule has 8 heteroatoms. The number of nitrogens with one attached hydrogen (secondary N) is 3. The normalized spacial score (nSPS) is 17.0. The third kappa shape index (κ3) is 5.08. The number of aliphatic hydroxyl groups is 1. The third-order valence-electron chi connectivity index (χ3n) is 5.27. The maximum absolute atomic E-state index is 12.9. The highest BCUT2D eigenvalue weighted by Gasteiger charge is 2.30. The lowest BCUT2D eigenvalue weighted by Crippen LogP contribution is -2.31. The molecule has 0 spiro atoms. The van der Waals surface area contributed by atoms with Crippen molar-refractivity contribution in [3.8, 4) is 0 Å². The monoisotopic (exact) mass is 423 g/mol. The molecule has 4 N–H and O–H groups in total. The minimum absolute atomic E-state index is 0.0612. The fraction of sp³-hybridized carbons (Fsp3) is 0.391. The lowest BCUT2D eigenvalue weighted by Gasteiger charge is -2.22. The Morgan fingerprint density at radius 2 is 2.16 bits per heavy atom. The first-order chi connectivity index (χ1) is 14.6. The Morgan fingerprint density at radius 1 is 1.42 bits per heavy atom. The summed E-state index contributed by atoms with van der Waals surface area (Å²) in [4.78, 5) is 31.6. The maximum atomic E-state index is 12.9. The minimum Gasteiger partial charge on any atom is -0.390 e. The molecule has 8 nitrogen and oxygen atoms in total. The second-order valence-corrected chi connectivity index (χ2v) is 8.68. The Balaban J connectivity index is 1.88. The molecule has 0 radical (unpaired) electrons. The van der Waals surface area contributed by atoms with E-state index in [1.165, 1.54) is 0 Å². The van der Waals surface area contributed by atoms with Gasteiger partial charge in [-0.2, -0.15) is 0 Å². The lowest BCUT2D eigenvalue weighted by atomic mass is 9.95. The van der Waals surface area contributed by atoms with Gasteiger partial charge >= 0.3 is 0 Å². The summed E-state index contributed by atoms with van der Waals surface area (Å²) < 4.78 is 0. The van der Waals surface area contributed by atoms with Crippen molar-refractivity contribution in [2.75, 3.05) is 11.9 Å². The molecule has 0 aliphatic carbocycles. The highest BCUT2D eigenvalue weighted by Crippen LogP contribution is 2.33. The highest BCUT2D eigenvalue weighted by molar-refractivity contribution is 6.18. The fourth-order valence-electron chi connectivity index (χ4n) is 3.52. The number of carbonyl (C=O) groups is 2. The molecule has 0 unspecified atom stereocenters. The van der Waals surface area contributed by atoms with Crippen LogP contribution in [0.15, 0.2) is 40.8 Å². The van der Waals surface area contributed by atoms with Crippen LogP contribution in [-0.2, 0) is 11.3 Å². The van der Waals surface area contributed by atoms with Gasteiger partial charge in [-0.15, -0.1) is 0 Å². The molecule has 1 aromatic carbocycles. The molecule has 2 aliphatic rings. The Bertz CT molecular complexity index is 999. The largest absolute Gasteiger partial charge is 0.390 e. The Hall–Kier alpha value is -3.26. The molecule has 164 valence electrons. The summed E-state index contributed by atoms with van der Waals surface area (Å²) in [5, 5.41) is 23.4. The van der Waals surface area contributed by atoms with Crippen molar-refractivity contribution in [2.45, 2.75) is 52.2 Å². The van der Waals surface area contributed by atoms with E-state index < -0.39 is 11.5 Å². The van der Waals surface area contributed by atoms with E-state index in [9.17, 15) is 14.7 Å². The smallest absolute Gasteiger partial charge is 0.260 e. The number of hydrogen-bond donors (Lipinski definition) is 4. The van der Waals surface area contributed by atoms with Gasteiger partial charge in [0.1, 0.15) is 5.82 Å². The molecule has 2 amide bonds. The molecule has 0 saturated heterocycles. The van der Waals surface area contributed by atoms with Crippen molar-refractivity contribution in [3.63, 3.8) is 0 Å². The predicted molar refractivity (Wildman–Crippen MR) is 121 cm³/mol. The van der Waals surface area contributed by atoms with Gasteiger partial charge in [-0.05, 0) is 55.5 Å². The first-order valence-corrected chi connectivity index (χ1v) is 10.3. The van der Waals surface area contributed by atoms with E-state index in [1.807, 2.05) is 26.0 Å². The molecule has 3 rings (SSSR count). The van der Waals surface area contributed by atoms with Crippen molar-refractivity contribution < 1.29 is 14.7 Å². The molecular formula is C23H29N5O3.